The first kappa shape index (κ1) is 12.4. The maximum absolute atomic E-state index is 12.3. The van der Waals surface area contributed by atoms with Crippen LogP contribution in [0, 0.1) is 6.92 Å². The molecule has 1 aliphatic heterocycles. The van der Waals surface area contributed by atoms with Crippen LogP contribution in [-0.2, 0) is 0 Å². The summed E-state index contributed by atoms with van der Waals surface area (Å²) in [7, 11) is 0. The highest BCUT2D eigenvalue weighted by molar-refractivity contribution is 6.31. The summed E-state index contributed by atoms with van der Waals surface area (Å²) in [6, 6.07) is 5.56. The minimum atomic E-state index is 0.119. The van der Waals surface area contributed by atoms with E-state index in [9.17, 15) is 4.79 Å². The maximum Gasteiger partial charge on any atom is 0.253 e. The van der Waals surface area contributed by atoms with Crippen molar-refractivity contribution in [2.75, 3.05) is 13.1 Å². The van der Waals surface area contributed by atoms with Gasteiger partial charge in [-0.25, -0.2) is 0 Å². The highest BCUT2D eigenvalue weighted by Gasteiger charge is 2.17. The van der Waals surface area contributed by atoms with Crippen molar-refractivity contribution in [2.24, 2.45) is 0 Å². The van der Waals surface area contributed by atoms with E-state index in [-0.39, 0.29) is 5.91 Å². The largest absolute Gasteiger partial charge is 0.339 e. The zero-order valence-electron chi connectivity index (χ0n) is 10.2. The van der Waals surface area contributed by atoms with Crippen molar-refractivity contribution in [1.82, 2.24) is 4.90 Å². The van der Waals surface area contributed by atoms with Crippen LogP contribution < -0.4 is 0 Å². The third-order valence-corrected chi connectivity index (χ3v) is 3.72. The van der Waals surface area contributed by atoms with Gasteiger partial charge in [0.25, 0.3) is 5.91 Å². The molecule has 1 aliphatic rings. The number of halogens is 1. The molecular weight excluding hydrogens is 234 g/mol. The van der Waals surface area contributed by atoms with E-state index in [1.54, 1.807) is 6.07 Å². The van der Waals surface area contributed by atoms with E-state index in [1.165, 1.54) is 12.8 Å². The number of carbonyl (C=O) groups is 1. The number of carbonyl (C=O) groups excluding carboxylic acids is 1. The van der Waals surface area contributed by atoms with E-state index in [0.29, 0.717) is 10.6 Å². The summed E-state index contributed by atoms with van der Waals surface area (Å²) in [5, 5.41) is 0.672. The summed E-state index contributed by atoms with van der Waals surface area (Å²) in [6.07, 6.45) is 4.70. The molecule has 1 aromatic carbocycles. The van der Waals surface area contributed by atoms with Gasteiger partial charge in [-0.05, 0) is 37.5 Å². The van der Waals surface area contributed by atoms with Gasteiger partial charge in [-0.15, -0.1) is 0 Å². The van der Waals surface area contributed by atoms with Crippen molar-refractivity contribution in [3.05, 3.63) is 34.3 Å². The molecule has 0 aliphatic carbocycles. The average molecular weight is 252 g/mol. The minimum absolute atomic E-state index is 0.119. The third kappa shape index (κ3) is 3.01. The lowest BCUT2D eigenvalue weighted by Gasteiger charge is -2.20. The fraction of sp³-hybridized carbons (Fsp3) is 0.500. The van der Waals surface area contributed by atoms with Crippen molar-refractivity contribution >= 4 is 17.5 Å². The van der Waals surface area contributed by atoms with E-state index in [4.69, 9.17) is 11.6 Å². The molecule has 1 saturated heterocycles. The Bertz CT molecular complexity index is 409. The number of amides is 1. The molecule has 0 N–H and O–H groups in total. The van der Waals surface area contributed by atoms with E-state index in [2.05, 4.69) is 0 Å². The molecule has 0 radical (unpaired) electrons. The number of aryl methyl sites for hydroxylation is 1. The average Bonchev–Trinajstić information content (AvgIpc) is 2.60. The van der Waals surface area contributed by atoms with Crippen LogP contribution in [0.4, 0.5) is 0 Å². The van der Waals surface area contributed by atoms with Gasteiger partial charge in [-0.1, -0.05) is 30.5 Å². The summed E-state index contributed by atoms with van der Waals surface area (Å²) in [4.78, 5) is 14.2. The quantitative estimate of drug-likeness (QED) is 0.746. The predicted molar refractivity (Wildman–Crippen MR) is 70.6 cm³/mol. The smallest absolute Gasteiger partial charge is 0.253 e. The Morgan fingerprint density at radius 1 is 1.18 bits per heavy atom. The summed E-state index contributed by atoms with van der Waals surface area (Å²) in [5.74, 6) is 0.119. The molecule has 0 aromatic heterocycles. The maximum atomic E-state index is 12.3. The second kappa shape index (κ2) is 5.54. The number of rotatable bonds is 1. The molecule has 1 amide bonds. The predicted octanol–water partition coefficient (Wildman–Crippen LogP) is 3.66. The van der Waals surface area contributed by atoms with Gasteiger partial charge in [-0.3, -0.25) is 4.79 Å². The Hall–Kier alpha value is -1.02. The van der Waals surface area contributed by atoms with Crippen LogP contribution in [0.25, 0.3) is 0 Å². The molecule has 0 bridgehead atoms. The van der Waals surface area contributed by atoms with Gasteiger partial charge >= 0.3 is 0 Å². The van der Waals surface area contributed by atoms with Gasteiger partial charge in [0.1, 0.15) is 0 Å². The Morgan fingerprint density at radius 3 is 2.41 bits per heavy atom. The molecule has 1 fully saturated rings. The van der Waals surface area contributed by atoms with Gasteiger partial charge in [-0.2, -0.15) is 0 Å². The zero-order valence-corrected chi connectivity index (χ0v) is 11.0. The topological polar surface area (TPSA) is 20.3 Å². The summed E-state index contributed by atoms with van der Waals surface area (Å²) >= 11 is 6.06. The SMILES string of the molecule is Cc1ccc(C(=O)N2CCCCCC2)cc1Cl. The first-order valence-corrected chi connectivity index (χ1v) is 6.62. The third-order valence-electron chi connectivity index (χ3n) is 3.31. The standard InChI is InChI=1S/C14H18ClNO/c1-11-6-7-12(10-13(11)15)14(17)16-8-4-2-3-5-9-16/h6-7,10H,2-5,8-9H2,1H3. The number of nitrogens with zero attached hydrogens (tertiary/aromatic N) is 1. The molecule has 3 heteroatoms. The number of hydrogen-bond donors (Lipinski definition) is 0. The van der Waals surface area contributed by atoms with E-state index >= 15 is 0 Å². The fourth-order valence-corrected chi connectivity index (χ4v) is 2.36. The zero-order chi connectivity index (χ0) is 12.3. The highest BCUT2D eigenvalue weighted by Crippen LogP contribution is 2.19. The van der Waals surface area contributed by atoms with E-state index in [0.717, 1.165) is 31.5 Å². The Balaban J connectivity index is 2.14. The molecule has 92 valence electrons. The monoisotopic (exact) mass is 251 g/mol. The number of likely N-dealkylation sites (tertiary alicyclic amines) is 1. The Morgan fingerprint density at radius 2 is 1.82 bits per heavy atom. The molecule has 0 unspecified atom stereocenters. The molecule has 17 heavy (non-hydrogen) atoms. The molecule has 0 saturated carbocycles. The van der Waals surface area contributed by atoms with E-state index < -0.39 is 0 Å². The first-order valence-electron chi connectivity index (χ1n) is 6.24. The van der Waals surface area contributed by atoms with Gasteiger partial charge in [0, 0.05) is 23.7 Å². The second-order valence-corrected chi connectivity index (χ2v) is 5.08. The van der Waals surface area contributed by atoms with E-state index in [1.807, 2.05) is 24.0 Å². The van der Waals surface area contributed by atoms with Gasteiger partial charge < -0.3 is 4.90 Å². The lowest BCUT2D eigenvalue weighted by atomic mass is 10.1. The van der Waals surface area contributed by atoms with Crippen LogP contribution in [-0.4, -0.2) is 23.9 Å². The van der Waals surface area contributed by atoms with Crippen molar-refractivity contribution in [3.8, 4) is 0 Å². The van der Waals surface area contributed by atoms with Crippen LogP contribution in [0.15, 0.2) is 18.2 Å². The normalized spacial score (nSPS) is 16.7. The van der Waals surface area contributed by atoms with Gasteiger partial charge in [0.2, 0.25) is 0 Å². The number of hydrogen-bond acceptors (Lipinski definition) is 1. The summed E-state index contributed by atoms with van der Waals surface area (Å²) in [5.41, 5.74) is 1.72. The second-order valence-electron chi connectivity index (χ2n) is 4.67. The van der Waals surface area contributed by atoms with Crippen molar-refractivity contribution in [2.45, 2.75) is 32.6 Å². The van der Waals surface area contributed by atoms with Crippen LogP contribution in [0.1, 0.15) is 41.6 Å². The van der Waals surface area contributed by atoms with Crippen LogP contribution in [0.5, 0.6) is 0 Å². The molecule has 0 spiro atoms. The van der Waals surface area contributed by atoms with Crippen LogP contribution >= 0.6 is 11.6 Å². The van der Waals surface area contributed by atoms with Gasteiger partial charge in [0.15, 0.2) is 0 Å². The summed E-state index contributed by atoms with van der Waals surface area (Å²) < 4.78 is 0. The van der Waals surface area contributed by atoms with Crippen molar-refractivity contribution < 1.29 is 4.79 Å². The molecule has 2 rings (SSSR count). The van der Waals surface area contributed by atoms with Crippen LogP contribution in [0.3, 0.4) is 0 Å². The molecular formula is C14H18ClNO. The highest BCUT2D eigenvalue weighted by atomic mass is 35.5. The van der Waals surface area contributed by atoms with Crippen molar-refractivity contribution in [3.63, 3.8) is 0 Å². The van der Waals surface area contributed by atoms with Gasteiger partial charge in [0.05, 0.1) is 0 Å². The molecule has 0 atom stereocenters. The molecule has 1 heterocycles. The Labute approximate surface area is 108 Å². The minimum Gasteiger partial charge on any atom is -0.339 e. The number of benzene rings is 1. The van der Waals surface area contributed by atoms with Crippen LogP contribution in [0.2, 0.25) is 5.02 Å². The molecule has 1 aromatic rings. The fourth-order valence-electron chi connectivity index (χ4n) is 2.18. The Kier molecular flexibility index (Phi) is 4.06. The first-order chi connectivity index (χ1) is 8.18. The summed E-state index contributed by atoms with van der Waals surface area (Å²) in [6.45, 7) is 3.71. The lowest BCUT2D eigenvalue weighted by molar-refractivity contribution is 0.0761. The van der Waals surface area contributed by atoms with Crippen molar-refractivity contribution in [1.29, 1.82) is 0 Å². The molecule has 2 nitrogen and oxygen atoms in total. The lowest BCUT2D eigenvalue weighted by Crippen LogP contribution is -2.31.